The van der Waals surface area contributed by atoms with Gasteiger partial charge < -0.3 is 10.6 Å². The lowest BCUT2D eigenvalue weighted by Gasteiger charge is -2.20. The molecule has 1 rings (SSSR count). The van der Waals surface area contributed by atoms with E-state index in [9.17, 15) is 4.79 Å². The fraction of sp³-hybridized carbons (Fsp3) is 0.615. The summed E-state index contributed by atoms with van der Waals surface area (Å²) in [5.74, 6) is 0.974. The van der Waals surface area contributed by atoms with E-state index >= 15 is 0 Å². The highest BCUT2D eigenvalue weighted by Crippen LogP contribution is 2.13. The van der Waals surface area contributed by atoms with Crippen molar-refractivity contribution in [3.63, 3.8) is 0 Å². The van der Waals surface area contributed by atoms with Crippen LogP contribution >= 0.6 is 0 Å². The maximum absolute atomic E-state index is 11.6. The van der Waals surface area contributed by atoms with Crippen molar-refractivity contribution in [3.05, 3.63) is 18.1 Å². The first-order valence-electron chi connectivity index (χ1n) is 6.15. The topological polar surface area (TPSA) is 66.9 Å². The third-order valence-corrected chi connectivity index (χ3v) is 2.22. The molecule has 0 unspecified atom stereocenters. The van der Waals surface area contributed by atoms with Crippen molar-refractivity contribution in [2.45, 2.75) is 46.1 Å². The third kappa shape index (κ3) is 5.12. The fourth-order valence-corrected chi connectivity index (χ4v) is 1.42. The molecule has 0 fully saturated rings. The quantitative estimate of drug-likeness (QED) is 0.857. The van der Waals surface area contributed by atoms with Crippen LogP contribution in [-0.2, 0) is 4.79 Å². The van der Waals surface area contributed by atoms with E-state index in [0.29, 0.717) is 11.7 Å². The summed E-state index contributed by atoms with van der Waals surface area (Å²) in [7, 11) is 0. The SMILES string of the molecule is CC(C)c1cc(NCC(=O)NC(C)(C)C)ncn1. The van der Waals surface area contributed by atoms with Crippen LogP contribution in [0.3, 0.4) is 0 Å². The van der Waals surface area contributed by atoms with E-state index < -0.39 is 0 Å². The maximum Gasteiger partial charge on any atom is 0.239 e. The third-order valence-electron chi connectivity index (χ3n) is 2.22. The Kier molecular flexibility index (Phi) is 4.64. The first kappa shape index (κ1) is 14.4. The summed E-state index contributed by atoms with van der Waals surface area (Å²) in [6, 6.07) is 1.87. The normalized spacial score (nSPS) is 11.4. The van der Waals surface area contributed by atoms with Gasteiger partial charge in [0, 0.05) is 17.3 Å². The van der Waals surface area contributed by atoms with Gasteiger partial charge in [0.05, 0.1) is 6.54 Å². The Labute approximate surface area is 108 Å². The van der Waals surface area contributed by atoms with Gasteiger partial charge in [0.2, 0.25) is 5.91 Å². The molecule has 18 heavy (non-hydrogen) atoms. The molecule has 0 atom stereocenters. The number of carbonyl (C=O) groups is 1. The fourth-order valence-electron chi connectivity index (χ4n) is 1.42. The van der Waals surface area contributed by atoms with Crippen molar-refractivity contribution in [2.75, 3.05) is 11.9 Å². The minimum atomic E-state index is -0.215. The average Bonchev–Trinajstić information content (AvgIpc) is 2.24. The molecule has 1 heterocycles. The molecular weight excluding hydrogens is 228 g/mol. The molecule has 5 nitrogen and oxygen atoms in total. The molecule has 1 aromatic rings. The van der Waals surface area contributed by atoms with Gasteiger partial charge in [-0.15, -0.1) is 0 Å². The van der Waals surface area contributed by atoms with E-state index in [2.05, 4.69) is 34.4 Å². The van der Waals surface area contributed by atoms with Crippen LogP contribution in [0.4, 0.5) is 5.82 Å². The molecular formula is C13H22N4O. The van der Waals surface area contributed by atoms with Gasteiger partial charge in [0.1, 0.15) is 12.1 Å². The van der Waals surface area contributed by atoms with Crippen molar-refractivity contribution >= 4 is 11.7 Å². The Morgan fingerprint density at radius 3 is 2.56 bits per heavy atom. The van der Waals surface area contributed by atoms with Gasteiger partial charge >= 0.3 is 0 Å². The standard InChI is InChI=1S/C13H22N4O/c1-9(2)10-6-11(16-8-15-10)14-7-12(18)17-13(3,4)5/h6,8-9H,7H2,1-5H3,(H,17,18)(H,14,15,16). The summed E-state index contributed by atoms with van der Waals surface area (Å²) < 4.78 is 0. The van der Waals surface area contributed by atoms with Crippen LogP contribution in [-0.4, -0.2) is 28.0 Å². The van der Waals surface area contributed by atoms with Crippen LogP contribution in [0.25, 0.3) is 0 Å². The smallest absolute Gasteiger partial charge is 0.239 e. The van der Waals surface area contributed by atoms with Gasteiger partial charge in [-0.2, -0.15) is 0 Å². The highest BCUT2D eigenvalue weighted by molar-refractivity contribution is 5.81. The zero-order chi connectivity index (χ0) is 13.8. The lowest BCUT2D eigenvalue weighted by Crippen LogP contribution is -2.43. The Morgan fingerprint density at radius 1 is 1.33 bits per heavy atom. The summed E-state index contributed by atoms with van der Waals surface area (Å²) in [4.78, 5) is 19.9. The lowest BCUT2D eigenvalue weighted by atomic mass is 10.1. The van der Waals surface area contributed by atoms with Crippen LogP contribution in [0, 0.1) is 0 Å². The molecule has 0 aliphatic carbocycles. The van der Waals surface area contributed by atoms with Crippen molar-refractivity contribution in [3.8, 4) is 0 Å². The lowest BCUT2D eigenvalue weighted by molar-refractivity contribution is -0.120. The van der Waals surface area contributed by atoms with Gasteiger partial charge in [0.25, 0.3) is 0 Å². The zero-order valence-electron chi connectivity index (χ0n) is 11.7. The number of aromatic nitrogens is 2. The number of anilines is 1. The minimum Gasteiger partial charge on any atom is -0.361 e. The predicted molar refractivity (Wildman–Crippen MR) is 72.5 cm³/mol. The van der Waals surface area contributed by atoms with Gasteiger partial charge in [-0.05, 0) is 26.7 Å². The highest BCUT2D eigenvalue weighted by atomic mass is 16.2. The first-order chi connectivity index (χ1) is 8.28. The van der Waals surface area contributed by atoms with Crippen LogP contribution in [0.2, 0.25) is 0 Å². The molecule has 1 aromatic heterocycles. The Balaban J connectivity index is 2.53. The van der Waals surface area contributed by atoms with Crippen LogP contribution in [0.1, 0.15) is 46.2 Å². The number of rotatable bonds is 4. The van der Waals surface area contributed by atoms with E-state index in [4.69, 9.17) is 0 Å². The molecule has 0 saturated heterocycles. The number of hydrogen-bond acceptors (Lipinski definition) is 4. The summed E-state index contributed by atoms with van der Waals surface area (Å²) >= 11 is 0. The molecule has 1 amide bonds. The van der Waals surface area contributed by atoms with Crippen LogP contribution in [0.15, 0.2) is 12.4 Å². The molecule has 0 bridgehead atoms. The van der Waals surface area contributed by atoms with Crippen LogP contribution in [0.5, 0.6) is 0 Å². The summed E-state index contributed by atoms with van der Waals surface area (Å²) in [5.41, 5.74) is 0.747. The Bertz CT molecular complexity index is 410. The molecule has 5 heteroatoms. The highest BCUT2D eigenvalue weighted by Gasteiger charge is 2.13. The number of nitrogens with one attached hydrogen (secondary N) is 2. The summed E-state index contributed by atoms with van der Waals surface area (Å²) in [5, 5.41) is 5.88. The van der Waals surface area contributed by atoms with E-state index in [-0.39, 0.29) is 18.0 Å². The molecule has 0 aromatic carbocycles. The molecule has 0 radical (unpaired) electrons. The second-order valence-electron chi connectivity index (χ2n) is 5.63. The summed E-state index contributed by atoms with van der Waals surface area (Å²) in [6.07, 6.45) is 1.51. The van der Waals surface area contributed by atoms with E-state index in [0.717, 1.165) is 5.69 Å². The van der Waals surface area contributed by atoms with Crippen LogP contribution < -0.4 is 10.6 Å². The van der Waals surface area contributed by atoms with E-state index in [1.54, 1.807) is 0 Å². The van der Waals surface area contributed by atoms with Crippen molar-refractivity contribution in [1.29, 1.82) is 0 Å². The van der Waals surface area contributed by atoms with Gasteiger partial charge in [-0.3, -0.25) is 4.79 Å². The van der Waals surface area contributed by atoms with Crippen molar-refractivity contribution < 1.29 is 4.79 Å². The molecule has 0 spiro atoms. The van der Waals surface area contributed by atoms with E-state index in [1.807, 2.05) is 26.8 Å². The molecule has 0 aliphatic rings. The Hall–Kier alpha value is -1.65. The average molecular weight is 250 g/mol. The molecule has 2 N–H and O–H groups in total. The van der Waals surface area contributed by atoms with Crippen molar-refractivity contribution in [1.82, 2.24) is 15.3 Å². The number of hydrogen-bond donors (Lipinski definition) is 2. The van der Waals surface area contributed by atoms with Gasteiger partial charge in [-0.25, -0.2) is 9.97 Å². The number of nitrogens with zero attached hydrogens (tertiary/aromatic N) is 2. The van der Waals surface area contributed by atoms with Crippen molar-refractivity contribution in [2.24, 2.45) is 0 Å². The van der Waals surface area contributed by atoms with Gasteiger partial charge in [0.15, 0.2) is 0 Å². The van der Waals surface area contributed by atoms with E-state index in [1.165, 1.54) is 6.33 Å². The summed E-state index contributed by atoms with van der Waals surface area (Å²) in [6.45, 7) is 10.2. The number of amides is 1. The second kappa shape index (κ2) is 5.80. The molecule has 100 valence electrons. The number of carbonyl (C=O) groups excluding carboxylic acids is 1. The first-order valence-corrected chi connectivity index (χ1v) is 6.15. The zero-order valence-corrected chi connectivity index (χ0v) is 11.7. The molecule has 0 saturated carbocycles. The second-order valence-corrected chi connectivity index (χ2v) is 5.63. The largest absolute Gasteiger partial charge is 0.361 e. The van der Waals surface area contributed by atoms with Gasteiger partial charge in [-0.1, -0.05) is 13.8 Å². The monoisotopic (exact) mass is 250 g/mol. The maximum atomic E-state index is 11.6. The molecule has 0 aliphatic heterocycles. The predicted octanol–water partition coefficient (Wildman–Crippen LogP) is 1.93. The minimum absolute atomic E-state index is 0.0489. The Morgan fingerprint density at radius 2 is 2.00 bits per heavy atom.